The van der Waals surface area contributed by atoms with Gasteiger partial charge < -0.3 is 9.15 Å². The number of nitrogens with zero attached hydrogens (tertiary/aromatic N) is 2. The van der Waals surface area contributed by atoms with Gasteiger partial charge in [-0.1, -0.05) is 6.07 Å². The summed E-state index contributed by atoms with van der Waals surface area (Å²) in [4.78, 5) is 19.1. The first kappa shape index (κ1) is 9.39. The molecule has 0 aliphatic carbocycles. The van der Waals surface area contributed by atoms with Crippen molar-refractivity contribution in [2.75, 3.05) is 7.11 Å². The topological polar surface area (TPSA) is 65.2 Å². The van der Waals surface area contributed by atoms with E-state index in [1.807, 2.05) is 0 Å². The lowest BCUT2D eigenvalue weighted by molar-refractivity contribution is 0.0594. The second-order valence-electron chi connectivity index (χ2n) is 2.77. The fourth-order valence-electron chi connectivity index (χ4n) is 1.13. The van der Waals surface area contributed by atoms with Crippen molar-refractivity contribution >= 4 is 5.97 Å². The second-order valence-corrected chi connectivity index (χ2v) is 2.77. The zero-order chi connectivity index (χ0) is 10.7. The Morgan fingerprint density at radius 1 is 1.47 bits per heavy atom. The van der Waals surface area contributed by atoms with E-state index in [-0.39, 0.29) is 5.69 Å². The van der Waals surface area contributed by atoms with E-state index >= 15 is 0 Å². The van der Waals surface area contributed by atoms with Crippen molar-refractivity contribution in [3.8, 4) is 11.5 Å². The predicted molar refractivity (Wildman–Crippen MR) is 51.1 cm³/mol. The number of esters is 1. The highest BCUT2D eigenvalue weighted by molar-refractivity contribution is 5.87. The molecule has 76 valence electrons. The monoisotopic (exact) mass is 204 g/mol. The molecule has 2 heterocycles. The fourth-order valence-corrected chi connectivity index (χ4v) is 1.13. The molecular weight excluding hydrogens is 196 g/mol. The number of hydrogen-bond donors (Lipinski definition) is 0. The van der Waals surface area contributed by atoms with Crippen molar-refractivity contribution in [3.05, 3.63) is 36.5 Å². The maximum atomic E-state index is 11.2. The molecule has 5 nitrogen and oxygen atoms in total. The zero-order valence-electron chi connectivity index (χ0n) is 8.01. The first-order valence-electron chi connectivity index (χ1n) is 4.25. The largest absolute Gasteiger partial charge is 0.464 e. The van der Waals surface area contributed by atoms with Gasteiger partial charge in [0.1, 0.15) is 11.4 Å². The number of carbonyl (C=O) groups excluding carboxylic acids is 1. The van der Waals surface area contributed by atoms with Crippen LogP contribution in [0.25, 0.3) is 11.5 Å². The lowest BCUT2D eigenvalue weighted by Crippen LogP contribution is -2.04. The van der Waals surface area contributed by atoms with Crippen molar-refractivity contribution in [2.24, 2.45) is 0 Å². The van der Waals surface area contributed by atoms with Crippen LogP contribution in [0.15, 0.2) is 35.2 Å². The van der Waals surface area contributed by atoms with Crippen molar-refractivity contribution in [2.45, 2.75) is 0 Å². The lowest BCUT2D eigenvalue weighted by Gasteiger charge is -1.99. The summed E-state index contributed by atoms with van der Waals surface area (Å²) >= 11 is 0. The van der Waals surface area contributed by atoms with Gasteiger partial charge in [0.2, 0.25) is 0 Å². The van der Waals surface area contributed by atoms with E-state index in [2.05, 4.69) is 14.7 Å². The van der Waals surface area contributed by atoms with Gasteiger partial charge in [-0.15, -0.1) is 0 Å². The van der Waals surface area contributed by atoms with Crippen LogP contribution in [0.3, 0.4) is 0 Å². The predicted octanol–water partition coefficient (Wildman–Crippen LogP) is 1.52. The molecule has 0 saturated heterocycles. The highest BCUT2D eigenvalue weighted by Gasteiger charge is 2.09. The standard InChI is InChI=1S/C10H8N2O3/c1-14-10(13)8-4-2-3-7(12-8)9-5-11-6-15-9/h2-6H,1H3. The summed E-state index contributed by atoms with van der Waals surface area (Å²) < 4.78 is 9.62. The van der Waals surface area contributed by atoms with Crippen LogP contribution in [0.2, 0.25) is 0 Å². The molecule has 0 aliphatic heterocycles. The summed E-state index contributed by atoms with van der Waals surface area (Å²) in [7, 11) is 1.31. The molecule has 0 radical (unpaired) electrons. The number of oxazole rings is 1. The molecule has 0 amide bonds. The second kappa shape index (κ2) is 3.91. The quantitative estimate of drug-likeness (QED) is 0.694. The SMILES string of the molecule is COC(=O)c1cccc(-c2cnco2)n1. The van der Waals surface area contributed by atoms with Crippen molar-refractivity contribution in [1.29, 1.82) is 0 Å². The van der Waals surface area contributed by atoms with E-state index in [0.29, 0.717) is 11.5 Å². The molecule has 15 heavy (non-hydrogen) atoms. The Morgan fingerprint density at radius 2 is 2.33 bits per heavy atom. The van der Waals surface area contributed by atoms with Crippen molar-refractivity contribution < 1.29 is 13.9 Å². The van der Waals surface area contributed by atoms with E-state index in [1.165, 1.54) is 19.7 Å². The molecule has 0 atom stereocenters. The smallest absolute Gasteiger partial charge is 0.356 e. The molecule has 0 fully saturated rings. The molecule has 0 saturated carbocycles. The first-order chi connectivity index (χ1) is 7.31. The van der Waals surface area contributed by atoms with Crippen molar-refractivity contribution in [3.63, 3.8) is 0 Å². The van der Waals surface area contributed by atoms with Crippen LogP contribution in [0.1, 0.15) is 10.5 Å². The molecular formula is C10H8N2O3. The zero-order valence-corrected chi connectivity index (χ0v) is 8.01. The summed E-state index contributed by atoms with van der Waals surface area (Å²) in [5.41, 5.74) is 0.793. The van der Waals surface area contributed by atoms with Gasteiger partial charge in [0.25, 0.3) is 0 Å². The summed E-state index contributed by atoms with van der Waals surface area (Å²) in [6.07, 6.45) is 2.84. The maximum absolute atomic E-state index is 11.2. The van der Waals surface area contributed by atoms with Crippen LogP contribution in [0, 0.1) is 0 Å². The molecule has 0 aromatic carbocycles. The molecule has 2 rings (SSSR count). The lowest BCUT2D eigenvalue weighted by atomic mass is 10.2. The Kier molecular flexibility index (Phi) is 2.45. The minimum Gasteiger partial charge on any atom is -0.464 e. The molecule has 0 N–H and O–H groups in total. The number of aromatic nitrogens is 2. The van der Waals surface area contributed by atoms with E-state index < -0.39 is 5.97 Å². The van der Waals surface area contributed by atoms with Crippen LogP contribution in [-0.2, 0) is 4.74 Å². The Bertz CT molecular complexity index is 465. The first-order valence-corrected chi connectivity index (χ1v) is 4.25. The third-order valence-electron chi connectivity index (χ3n) is 1.83. The van der Waals surface area contributed by atoms with Gasteiger partial charge in [-0.25, -0.2) is 14.8 Å². The highest BCUT2D eigenvalue weighted by Crippen LogP contribution is 2.15. The van der Waals surface area contributed by atoms with Crippen LogP contribution >= 0.6 is 0 Å². The van der Waals surface area contributed by atoms with Gasteiger partial charge in [-0.05, 0) is 12.1 Å². The summed E-state index contributed by atoms with van der Waals surface area (Å²) in [6, 6.07) is 5.01. The Morgan fingerprint density at radius 3 is 3.00 bits per heavy atom. The molecule has 0 unspecified atom stereocenters. The van der Waals surface area contributed by atoms with E-state index in [9.17, 15) is 4.79 Å². The Balaban J connectivity index is 2.39. The van der Waals surface area contributed by atoms with Crippen LogP contribution in [0.4, 0.5) is 0 Å². The number of ether oxygens (including phenoxy) is 1. The Hall–Kier alpha value is -2.17. The average molecular weight is 204 g/mol. The third-order valence-corrected chi connectivity index (χ3v) is 1.83. The molecule has 2 aromatic rings. The third kappa shape index (κ3) is 1.85. The molecule has 5 heteroatoms. The minimum absolute atomic E-state index is 0.242. The van der Waals surface area contributed by atoms with Crippen LogP contribution < -0.4 is 0 Å². The molecule has 0 bridgehead atoms. The summed E-state index contributed by atoms with van der Waals surface area (Å²) in [6.45, 7) is 0. The average Bonchev–Trinajstić information content (AvgIpc) is 2.82. The molecule has 2 aromatic heterocycles. The van der Waals surface area contributed by atoms with E-state index in [1.54, 1.807) is 18.2 Å². The number of rotatable bonds is 2. The van der Waals surface area contributed by atoms with Gasteiger partial charge in [-0.3, -0.25) is 0 Å². The van der Waals surface area contributed by atoms with E-state index in [0.717, 1.165) is 0 Å². The van der Waals surface area contributed by atoms with Crippen LogP contribution in [0.5, 0.6) is 0 Å². The highest BCUT2D eigenvalue weighted by atomic mass is 16.5. The normalized spacial score (nSPS) is 9.93. The number of pyridine rings is 1. The maximum Gasteiger partial charge on any atom is 0.356 e. The Labute approximate surface area is 85.7 Å². The van der Waals surface area contributed by atoms with Crippen molar-refractivity contribution in [1.82, 2.24) is 9.97 Å². The fraction of sp³-hybridized carbons (Fsp3) is 0.100. The summed E-state index contributed by atoms with van der Waals surface area (Å²) in [5.74, 6) is 0.0390. The number of methoxy groups -OCH3 is 1. The van der Waals surface area contributed by atoms with E-state index in [4.69, 9.17) is 4.42 Å². The van der Waals surface area contributed by atoms with Gasteiger partial charge >= 0.3 is 5.97 Å². The van der Waals surface area contributed by atoms with Gasteiger partial charge in [0.05, 0.1) is 13.3 Å². The number of carbonyl (C=O) groups is 1. The van der Waals surface area contributed by atoms with Gasteiger partial charge in [-0.2, -0.15) is 0 Å². The van der Waals surface area contributed by atoms with Crippen LogP contribution in [-0.4, -0.2) is 23.0 Å². The van der Waals surface area contributed by atoms with Gasteiger partial charge in [0, 0.05) is 0 Å². The summed E-state index contributed by atoms with van der Waals surface area (Å²) in [5, 5.41) is 0. The number of hydrogen-bond acceptors (Lipinski definition) is 5. The van der Waals surface area contributed by atoms with Gasteiger partial charge in [0.15, 0.2) is 12.2 Å². The molecule has 0 spiro atoms. The molecule has 0 aliphatic rings. The minimum atomic E-state index is -0.476.